The first-order valence-electron chi connectivity index (χ1n) is 15.2. The van der Waals surface area contributed by atoms with Gasteiger partial charge in [-0.2, -0.15) is 0 Å². The summed E-state index contributed by atoms with van der Waals surface area (Å²) >= 11 is 0. The van der Waals surface area contributed by atoms with E-state index in [0.29, 0.717) is 0 Å². The molecule has 0 atom stereocenters. The molecule has 0 aromatic heterocycles. The molecule has 3 heterocycles. The van der Waals surface area contributed by atoms with Crippen molar-refractivity contribution in [2.24, 2.45) is 0 Å². The van der Waals surface area contributed by atoms with E-state index in [0.717, 1.165) is 38.5 Å². The van der Waals surface area contributed by atoms with Crippen LogP contribution in [-0.4, -0.2) is 69.5 Å². The fraction of sp³-hybridized carbons (Fsp3) is 0.906. The van der Waals surface area contributed by atoms with Crippen molar-refractivity contribution in [2.45, 2.75) is 186 Å². The molecule has 0 aromatic carbocycles. The van der Waals surface area contributed by atoms with Crippen LogP contribution in [-0.2, 0) is 28.6 Å². The minimum Gasteiger partial charge on any atom is -0.462 e. The van der Waals surface area contributed by atoms with Crippen molar-refractivity contribution in [3.05, 3.63) is 0 Å². The monoisotopic (exact) mass is 581 g/mol. The number of piperidine rings is 3. The van der Waals surface area contributed by atoms with Crippen molar-refractivity contribution >= 4 is 17.9 Å². The Labute approximate surface area is 249 Å². The van der Waals surface area contributed by atoms with Crippen LogP contribution >= 0.6 is 0 Å². The van der Waals surface area contributed by atoms with E-state index in [2.05, 4.69) is 99.0 Å². The van der Waals surface area contributed by atoms with Crippen LogP contribution < -0.4 is 16.0 Å². The third kappa shape index (κ3) is 13.0. The number of ether oxygens (including phenoxy) is 3. The first-order valence-corrected chi connectivity index (χ1v) is 15.2. The lowest BCUT2D eigenvalue weighted by molar-refractivity contribution is -0.164. The smallest absolute Gasteiger partial charge is 0.317 e. The summed E-state index contributed by atoms with van der Waals surface area (Å²) in [5.74, 6) is -1.17. The molecule has 0 saturated carbocycles. The Kier molecular flexibility index (Phi) is 10.8. The molecule has 238 valence electrons. The summed E-state index contributed by atoms with van der Waals surface area (Å²) in [5, 5.41) is 10.7. The lowest BCUT2D eigenvalue weighted by atomic mass is 9.81. The van der Waals surface area contributed by atoms with Crippen LogP contribution in [0.15, 0.2) is 0 Å². The molecular formula is C32H59N3O6. The molecule has 0 aliphatic carbocycles. The Morgan fingerprint density at radius 2 is 0.707 bits per heavy atom. The summed E-state index contributed by atoms with van der Waals surface area (Å²) in [7, 11) is 0. The highest BCUT2D eigenvalue weighted by molar-refractivity contribution is 5.91. The number of hydrogen-bond donors (Lipinski definition) is 3. The Hall–Kier alpha value is -1.71. The number of carbonyl (C=O) groups is 3. The van der Waals surface area contributed by atoms with Gasteiger partial charge in [-0.15, -0.1) is 0 Å². The molecule has 0 unspecified atom stereocenters. The van der Waals surface area contributed by atoms with Crippen LogP contribution in [0.5, 0.6) is 0 Å². The summed E-state index contributed by atoms with van der Waals surface area (Å²) in [6, 6.07) is 0. The van der Waals surface area contributed by atoms with Gasteiger partial charge in [0, 0.05) is 78.7 Å². The molecule has 41 heavy (non-hydrogen) atoms. The van der Waals surface area contributed by atoms with E-state index in [-0.39, 0.29) is 63.9 Å². The molecular weight excluding hydrogens is 522 g/mol. The van der Waals surface area contributed by atoms with Crippen molar-refractivity contribution < 1.29 is 28.6 Å². The van der Waals surface area contributed by atoms with Gasteiger partial charge in [0.25, 0.3) is 0 Å². The summed E-state index contributed by atoms with van der Waals surface area (Å²) in [4.78, 5) is 35.5. The molecule has 3 fully saturated rings. The first-order chi connectivity index (χ1) is 18.3. The Bertz CT molecular complexity index is 855. The maximum absolute atomic E-state index is 12.3. The minimum atomic E-state index is -0.494. The fourth-order valence-corrected chi connectivity index (χ4v) is 7.74. The van der Waals surface area contributed by atoms with E-state index in [1.807, 2.05) is 0 Å². The van der Waals surface area contributed by atoms with E-state index in [4.69, 9.17) is 14.2 Å². The predicted octanol–water partition coefficient (Wildman–Crippen LogP) is 4.94. The van der Waals surface area contributed by atoms with Gasteiger partial charge >= 0.3 is 17.9 Å². The molecule has 3 N–H and O–H groups in total. The number of rotatable bonds is 5. The molecule has 3 rings (SSSR count). The van der Waals surface area contributed by atoms with Crippen molar-refractivity contribution in [2.75, 3.05) is 0 Å². The molecule has 3 aliphatic rings. The third-order valence-corrected chi connectivity index (χ3v) is 7.68. The second kappa shape index (κ2) is 12.5. The SMILES string of the molecule is CC(=O)OC1CC(C)(C)NC(C)(C)C1.CC1(C)CC(OC(=O)CC(=O)OC2CC(C)(C)NC(C)(C)C2)CC(C)(C)N1. The standard InChI is InChI=1S/C21H38N2O4.C11H21NO2/c1-18(2)10-14(11-19(3,4)22-18)26-16(24)9-17(25)27-15-12-20(5,6)23-21(7,8)13-15;1-8(13)14-9-6-10(2,3)12-11(4,5)7-9/h14-15,22-23H,9-13H2,1-8H3;9,12H,6-7H2,1-5H3. The van der Waals surface area contributed by atoms with Crippen molar-refractivity contribution in [1.82, 2.24) is 16.0 Å². The normalized spacial score (nSPS) is 26.6. The maximum Gasteiger partial charge on any atom is 0.317 e. The van der Waals surface area contributed by atoms with Crippen molar-refractivity contribution in [3.8, 4) is 0 Å². The van der Waals surface area contributed by atoms with Crippen LogP contribution in [0.4, 0.5) is 0 Å². The Balaban J connectivity index is 0.000000353. The summed E-state index contributed by atoms with van der Waals surface area (Å²) < 4.78 is 16.5. The second-order valence-electron chi connectivity index (χ2n) is 16.5. The van der Waals surface area contributed by atoms with Gasteiger partial charge in [0.1, 0.15) is 24.7 Å². The molecule has 0 aromatic rings. The average molecular weight is 582 g/mol. The first kappa shape index (κ1) is 35.5. The van der Waals surface area contributed by atoms with Crippen LogP contribution in [0.1, 0.15) is 135 Å². The highest BCUT2D eigenvalue weighted by atomic mass is 16.6. The van der Waals surface area contributed by atoms with E-state index in [1.54, 1.807) is 0 Å². The molecule has 3 saturated heterocycles. The zero-order valence-electron chi connectivity index (χ0n) is 28.1. The molecule has 0 amide bonds. The third-order valence-electron chi connectivity index (χ3n) is 7.68. The zero-order chi connectivity index (χ0) is 31.7. The van der Waals surface area contributed by atoms with Gasteiger partial charge in [-0.25, -0.2) is 0 Å². The molecule has 0 bridgehead atoms. The van der Waals surface area contributed by atoms with Gasteiger partial charge in [0.15, 0.2) is 0 Å². The van der Waals surface area contributed by atoms with Crippen LogP contribution in [0.25, 0.3) is 0 Å². The van der Waals surface area contributed by atoms with E-state index in [1.165, 1.54) is 6.92 Å². The van der Waals surface area contributed by atoms with E-state index in [9.17, 15) is 14.4 Å². The van der Waals surface area contributed by atoms with Crippen LogP contribution in [0.2, 0.25) is 0 Å². The van der Waals surface area contributed by atoms with E-state index >= 15 is 0 Å². The van der Waals surface area contributed by atoms with E-state index < -0.39 is 11.9 Å². The molecule has 9 heteroatoms. The molecule has 0 radical (unpaired) electrons. The number of carbonyl (C=O) groups excluding carboxylic acids is 3. The topological polar surface area (TPSA) is 115 Å². The quantitative estimate of drug-likeness (QED) is 0.236. The summed E-state index contributed by atoms with van der Waals surface area (Å²) in [6.07, 6.45) is 4.05. The maximum atomic E-state index is 12.3. The largest absolute Gasteiger partial charge is 0.462 e. The summed E-state index contributed by atoms with van der Waals surface area (Å²) in [6.45, 7) is 26.9. The van der Waals surface area contributed by atoms with Gasteiger partial charge in [-0.05, 0) is 83.1 Å². The van der Waals surface area contributed by atoms with Crippen molar-refractivity contribution in [1.29, 1.82) is 0 Å². The van der Waals surface area contributed by atoms with Crippen LogP contribution in [0, 0.1) is 0 Å². The number of hydrogen-bond acceptors (Lipinski definition) is 9. The molecule has 9 nitrogen and oxygen atoms in total. The van der Waals surface area contributed by atoms with Gasteiger partial charge < -0.3 is 30.2 Å². The minimum absolute atomic E-state index is 0.0435. The highest BCUT2D eigenvalue weighted by Gasteiger charge is 2.42. The number of esters is 3. The van der Waals surface area contributed by atoms with Crippen LogP contribution in [0.3, 0.4) is 0 Å². The number of nitrogens with one attached hydrogen (secondary N) is 3. The van der Waals surface area contributed by atoms with Gasteiger partial charge in [0.05, 0.1) is 0 Å². The molecule has 3 aliphatic heterocycles. The van der Waals surface area contributed by atoms with Gasteiger partial charge in [-0.1, -0.05) is 0 Å². The fourth-order valence-electron chi connectivity index (χ4n) is 7.74. The predicted molar refractivity (Wildman–Crippen MR) is 162 cm³/mol. The Morgan fingerprint density at radius 3 is 0.927 bits per heavy atom. The lowest BCUT2D eigenvalue weighted by Crippen LogP contribution is -2.60. The zero-order valence-corrected chi connectivity index (χ0v) is 28.1. The van der Waals surface area contributed by atoms with Crippen molar-refractivity contribution in [3.63, 3.8) is 0 Å². The van der Waals surface area contributed by atoms with Gasteiger partial charge in [0.2, 0.25) is 0 Å². The highest BCUT2D eigenvalue weighted by Crippen LogP contribution is 2.33. The second-order valence-corrected chi connectivity index (χ2v) is 16.5. The average Bonchev–Trinajstić information content (AvgIpc) is 2.59. The van der Waals surface area contributed by atoms with Gasteiger partial charge in [-0.3, -0.25) is 14.4 Å². The Morgan fingerprint density at radius 1 is 0.488 bits per heavy atom. The lowest BCUT2D eigenvalue weighted by Gasteiger charge is -2.46. The summed E-state index contributed by atoms with van der Waals surface area (Å²) in [5.41, 5.74) is -0.360. The molecule has 0 spiro atoms.